The molecule has 2 heterocycles. The van der Waals surface area contributed by atoms with Gasteiger partial charge in [-0.25, -0.2) is 0 Å². The van der Waals surface area contributed by atoms with Gasteiger partial charge in [-0.3, -0.25) is 14.3 Å². The standard InChI is InChI=1S/C25H26N4O2/c30-24(18-7-3-1-4-8-18)26-13-14-29-16-21-12-11-20-15-28(17-22(20)23(21)27-29)25(31)19-9-5-2-6-10-19/h1-10,16,20,22H,11-15,17H2,(H,26,30)/t20-,22+/m1/s1. The van der Waals surface area contributed by atoms with Crippen LogP contribution in [0.3, 0.4) is 0 Å². The van der Waals surface area contributed by atoms with Gasteiger partial charge in [0.05, 0.1) is 12.2 Å². The summed E-state index contributed by atoms with van der Waals surface area (Å²) in [4.78, 5) is 27.1. The average Bonchev–Trinajstić information content (AvgIpc) is 3.43. The zero-order chi connectivity index (χ0) is 21.2. The lowest BCUT2D eigenvalue weighted by molar-refractivity contribution is 0.0785. The van der Waals surface area contributed by atoms with E-state index in [9.17, 15) is 9.59 Å². The zero-order valence-electron chi connectivity index (χ0n) is 17.4. The fourth-order valence-electron chi connectivity index (χ4n) is 4.82. The highest BCUT2D eigenvalue weighted by molar-refractivity contribution is 5.94. The minimum atomic E-state index is -0.0663. The first kappa shape index (κ1) is 19.5. The van der Waals surface area contributed by atoms with Crippen molar-refractivity contribution in [3.63, 3.8) is 0 Å². The molecule has 0 saturated carbocycles. The van der Waals surface area contributed by atoms with E-state index in [0.717, 1.165) is 37.2 Å². The van der Waals surface area contributed by atoms with Gasteiger partial charge >= 0.3 is 0 Å². The molecule has 0 unspecified atom stereocenters. The molecule has 1 aliphatic carbocycles. The molecule has 2 amide bonds. The maximum Gasteiger partial charge on any atom is 0.253 e. The number of nitrogens with zero attached hydrogens (tertiary/aromatic N) is 3. The summed E-state index contributed by atoms with van der Waals surface area (Å²) in [6, 6.07) is 18.8. The van der Waals surface area contributed by atoms with E-state index >= 15 is 0 Å². The highest BCUT2D eigenvalue weighted by Crippen LogP contribution is 2.41. The van der Waals surface area contributed by atoms with E-state index in [1.807, 2.05) is 70.2 Å². The molecule has 2 atom stereocenters. The van der Waals surface area contributed by atoms with E-state index in [0.29, 0.717) is 30.5 Å². The fraction of sp³-hybridized carbons (Fsp3) is 0.320. The van der Waals surface area contributed by atoms with Crippen molar-refractivity contribution in [3.8, 4) is 0 Å². The Kier molecular flexibility index (Phi) is 5.28. The lowest BCUT2D eigenvalue weighted by Crippen LogP contribution is -2.28. The lowest BCUT2D eigenvalue weighted by atomic mass is 9.81. The molecule has 3 aromatic rings. The number of benzene rings is 2. The second-order valence-electron chi connectivity index (χ2n) is 8.41. The summed E-state index contributed by atoms with van der Waals surface area (Å²) in [6.07, 6.45) is 4.20. The largest absolute Gasteiger partial charge is 0.350 e. The van der Waals surface area contributed by atoms with Crippen LogP contribution in [0.1, 0.15) is 44.3 Å². The van der Waals surface area contributed by atoms with Gasteiger partial charge in [-0.2, -0.15) is 5.10 Å². The SMILES string of the molecule is O=C(NCCn1cc2c(n1)[C@H]1CN(C(=O)c3ccccc3)C[C@H]1CC2)c1ccccc1. The van der Waals surface area contributed by atoms with Crippen LogP contribution < -0.4 is 5.32 Å². The van der Waals surface area contributed by atoms with E-state index < -0.39 is 0 Å². The molecule has 6 nitrogen and oxygen atoms in total. The molecule has 158 valence electrons. The number of rotatable bonds is 5. The Bertz CT molecular complexity index is 1080. The minimum absolute atomic E-state index is 0.0663. The van der Waals surface area contributed by atoms with Gasteiger partial charge in [-0.15, -0.1) is 0 Å². The van der Waals surface area contributed by atoms with Crippen molar-refractivity contribution in [1.29, 1.82) is 0 Å². The van der Waals surface area contributed by atoms with Crippen LogP contribution in [0, 0.1) is 5.92 Å². The van der Waals surface area contributed by atoms with E-state index in [4.69, 9.17) is 5.10 Å². The Balaban J connectivity index is 1.22. The number of aromatic nitrogens is 2. The second-order valence-corrected chi connectivity index (χ2v) is 8.41. The van der Waals surface area contributed by atoms with Crippen LogP contribution in [0.2, 0.25) is 0 Å². The van der Waals surface area contributed by atoms with Crippen molar-refractivity contribution < 1.29 is 9.59 Å². The highest BCUT2D eigenvalue weighted by atomic mass is 16.2. The monoisotopic (exact) mass is 414 g/mol. The number of hydrogen-bond donors (Lipinski definition) is 1. The van der Waals surface area contributed by atoms with Crippen LogP contribution in [0.15, 0.2) is 66.9 Å². The predicted molar refractivity (Wildman–Crippen MR) is 118 cm³/mol. The molecule has 1 saturated heterocycles. The van der Waals surface area contributed by atoms with Crippen LogP contribution in [-0.2, 0) is 13.0 Å². The van der Waals surface area contributed by atoms with Crippen molar-refractivity contribution >= 4 is 11.8 Å². The Morgan fingerprint density at radius 3 is 2.42 bits per heavy atom. The molecule has 0 radical (unpaired) electrons. The van der Waals surface area contributed by atoms with Gasteiger partial charge < -0.3 is 10.2 Å². The van der Waals surface area contributed by atoms with Crippen LogP contribution in [0.25, 0.3) is 0 Å². The number of likely N-dealkylation sites (tertiary alicyclic amines) is 1. The Morgan fingerprint density at radius 2 is 1.68 bits per heavy atom. The van der Waals surface area contributed by atoms with Gasteiger partial charge in [-0.1, -0.05) is 36.4 Å². The number of carbonyl (C=O) groups excluding carboxylic acids is 2. The van der Waals surface area contributed by atoms with Crippen molar-refractivity contribution in [3.05, 3.63) is 89.2 Å². The third kappa shape index (κ3) is 3.98. The maximum absolute atomic E-state index is 12.9. The third-order valence-corrected chi connectivity index (χ3v) is 6.42. The number of amides is 2. The molecule has 1 aromatic heterocycles. The third-order valence-electron chi connectivity index (χ3n) is 6.42. The van der Waals surface area contributed by atoms with Crippen LogP contribution >= 0.6 is 0 Å². The maximum atomic E-state index is 12.9. The molecule has 1 fully saturated rings. The predicted octanol–water partition coefficient (Wildman–Crippen LogP) is 3.12. The van der Waals surface area contributed by atoms with Crippen LogP contribution in [0.4, 0.5) is 0 Å². The lowest BCUT2D eigenvalue weighted by Gasteiger charge is -2.22. The van der Waals surface area contributed by atoms with Gasteiger partial charge in [0, 0.05) is 42.9 Å². The average molecular weight is 415 g/mol. The Morgan fingerprint density at radius 1 is 0.968 bits per heavy atom. The second kappa shape index (κ2) is 8.38. The molecule has 6 heteroatoms. The van der Waals surface area contributed by atoms with Crippen molar-refractivity contribution in [2.24, 2.45) is 5.92 Å². The molecule has 2 aromatic carbocycles. The van der Waals surface area contributed by atoms with E-state index in [-0.39, 0.29) is 11.8 Å². The normalized spacial score (nSPS) is 19.5. The topological polar surface area (TPSA) is 67.2 Å². The highest BCUT2D eigenvalue weighted by Gasteiger charge is 2.41. The van der Waals surface area contributed by atoms with E-state index in [1.165, 1.54) is 5.56 Å². The molecular weight excluding hydrogens is 388 g/mol. The van der Waals surface area contributed by atoms with Gasteiger partial charge in [-0.05, 0) is 48.6 Å². The Labute approximate surface area is 181 Å². The fourth-order valence-corrected chi connectivity index (χ4v) is 4.82. The summed E-state index contributed by atoms with van der Waals surface area (Å²) >= 11 is 0. The summed E-state index contributed by atoms with van der Waals surface area (Å²) in [5.74, 6) is 0.820. The first-order valence-electron chi connectivity index (χ1n) is 10.9. The molecule has 1 aliphatic heterocycles. The van der Waals surface area contributed by atoms with Gasteiger partial charge in [0.15, 0.2) is 0 Å². The molecule has 0 spiro atoms. The molecule has 1 N–H and O–H groups in total. The van der Waals surface area contributed by atoms with Gasteiger partial charge in [0.1, 0.15) is 0 Å². The van der Waals surface area contributed by atoms with Crippen molar-refractivity contribution in [2.45, 2.75) is 25.3 Å². The first-order chi connectivity index (χ1) is 15.2. The molecule has 2 aliphatic rings. The number of fused-ring (bicyclic) bond motifs is 3. The zero-order valence-corrected chi connectivity index (χ0v) is 17.4. The minimum Gasteiger partial charge on any atom is -0.350 e. The summed E-state index contributed by atoms with van der Waals surface area (Å²) in [5, 5.41) is 7.82. The van der Waals surface area contributed by atoms with E-state index in [1.54, 1.807) is 0 Å². The first-order valence-corrected chi connectivity index (χ1v) is 10.9. The van der Waals surface area contributed by atoms with Gasteiger partial charge in [0.2, 0.25) is 0 Å². The number of carbonyl (C=O) groups is 2. The quantitative estimate of drug-likeness (QED) is 0.698. The van der Waals surface area contributed by atoms with E-state index in [2.05, 4.69) is 11.5 Å². The summed E-state index contributed by atoms with van der Waals surface area (Å²) < 4.78 is 1.94. The van der Waals surface area contributed by atoms with Crippen molar-refractivity contribution in [2.75, 3.05) is 19.6 Å². The molecule has 0 bridgehead atoms. The summed E-state index contributed by atoms with van der Waals surface area (Å²) in [6.45, 7) is 2.70. The van der Waals surface area contributed by atoms with Crippen LogP contribution in [0.5, 0.6) is 0 Å². The summed E-state index contributed by atoms with van der Waals surface area (Å²) in [5.41, 5.74) is 3.83. The smallest absolute Gasteiger partial charge is 0.253 e. The molecular formula is C25H26N4O2. The number of aryl methyl sites for hydroxylation is 1. The molecule has 31 heavy (non-hydrogen) atoms. The summed E-state index contributed by atoms with van der Waals surface area (Å²) in [7, 11) is 0. The van der Waals surface area contributed by atoms with Crippen molar-refractivity contribution in [1.82, 2.24) is 20.0 Å². The number of hydrogen-bond acceptors (Lipinski definition) is 3. The molecule has 5 rings (SSSR count). The Hall–Kier alpha value is -3.41. The number of nitrogens with one attached hydrogen (secondary N) is 1. The van der Waals surface area contributed by atoms with Crippen LogP contribution in [-0.4, -0.2) is 46.1 Å². The van der Waals surface area contributed by atoms with Gasteiger partial charge in [0.25, 0.3) is 11.8 Å².